The lowest BCUT2D eigenvalue weighted by Gasteiger charge is -2.24. The molecule has 0 bridgehead atoms. The van der Waals surface area contributed by atoms with Gasteiger partial charge < -0.3 is 15.1 Å². The van der Waals surface area contributed by atoms with E-state index in [2.05, 4.69) is 5.32 Å². The average molecular weight is 343 g/mol. The second-order valence-electron chi connectivity index (χ2n) is 7.05. The van der Waals surface area contributed by atoms with E-state index in [9.17, 15) is 14.4 Å². The summed E-state index contributed by atoms with van der Waals surface area (Å²) in [5.41, 5.74) is 2.47. The molecule has 1 aromatic rings. The van der Waals surface area contributed by atoms with Crippen molar-refractivity contribution in [3.05, 3.63) is 29.3 Å². The largest absolute Gasteiger partial charge is 0.341 e. The summed E-state index contributed by atoms with van der Waals surface area (Å²) in [4.78, 5) is 40.2. The average Bonchev–Trinajstić information content (AvgIpc) is 2.86. The number of nitrogens with zero attached hydrogens (tertiary/aromatic N) is 2. The topological polar surface area (TPSA) is 69.7 Å². The summed E-state index contributed by atoms with van der Waals surface area (Å²) in [7, 11) is 0. The number of hydrogen-bond acceptors (Lipinski definition) is 3. The van der Waals surface area contributed by atoms with Crippen molar-refractivity contribution in [1.82, 2.24) is 9.80 Å². The number of carbonyl (C=O) groups is 3. The van der Waals surface area contributed by atoms with Crippen LogP contribution in [-0.2, 0) is 16.0 Å². The Morgan fingerprint density at radius 2 is 1.76 bits per heavy atom. The lowest BCUT2D eigenvalue weighted by atomic mass is 10.00. The number of benzene rings is 1. The van der Waals surface area contributed by atoms with Crippen molar-refractivity contribution < 1.29 is 14.4 Å². The SMILES string of the molecule is CC(C)C(=O)N1CCCN(C(=O)c2ccc3c(c2)CCC(=O)N3)CC1. The molecule has 2 heterocycles. The van der Waals surface area contributed by atoms with E-state index in [1.165, 1.54) is 0 Å². The monoisotopic (exact) mass is 343 g/mol. The van der Waals surface area contributed by atoms with Crippen molar-refractivity contribution >= 4 is 23.4 Å². The van der Waals surface area contributed by atoms with Crippen LogP contribution in [0.4, 0.5) is 5.69 Å². The first kappa shape index (κ1) is 17.5. The molecule has 1 saturated heterocycles. The Kier molecular flexibility index (Phi) is 5.06. The molecule has 1 fully saturated rings. The van der Waals surface area contributed by atoms with Gasteiger partial charge in [-0.3, -0.25) is 14.4 Å². The van der Waals surface area contributed by atoms with Crippen LogP contribution in [0.25, 0.3) is 0 Å². The molecule has 25 heavy (non-hydrogen) atoms. The molecule has 0 aromatic heterocycles. The summed E-state index contributed by atoms with van der Waals surface area (Å²) in [5.74, 6) is 0.157. The minimum Gasteiger partial charge on any atom is -0.341 e. The van der Waals surface area contributed by atoms with Crippen LogP contribution in [0.3, 0.4) is 0 Å². The molecule has 2 aliphatic rings. The normalized spacial score (nSPS) is 17.8. The van der Waals surface area contributed by atoms with Crippen LogP contribution < -0.4 is 5.32 Å². The number of nitrogens with one attached hydrogen (secondary N) is 1. The van der Waals surface area contributed by atoms with E-state index in [1.54, 1.807) is 6.07 Å². The molecule has 0 radical (unpaired) electrons. The van der Waals surface area contributed by atoms with Gasteiger partial charge in [-0.2, -0.15) is 0 Å². The molecule has 6 nitrogen and oxygen atoms in total. The highest BCUT2D eigenvalue weighted by Gasteiger charge is 2.25. The Labute approximate surface area is 148 Å². The highest BCUT2D eigenvalue weighted by Crippen LogP contribution is 2.24. The van der Waals surface area contributed by atoms with Crippen LogP contribution in [0.2, 0.25) is 0 Å². The van der Waals surface area contributed by atoms with Crippen LogP contribution in [0, 0.1) is 5.92 Å². The van der Waals surface area contributed by atoms with E-state index < -0.39 is 0 Å². The van der Waals surface area contributed by atoms with Gasteiger partial charge in [0.25, 0.3) is 5.91 Å². The minimum absolute atomic E-state index is 0.00135. The fraction of sp³-hybridized carbons (Fsp3) is 0.526. The maximum absolute atomic E-state index is 12.8. The van der Waals surface area contributed by atoms with Crippen LogP contribution in [0.1, 0.15) is 42.6 Å². The zero-order valence-electron chi connectivity index (χ0n) is 14.9. The first-order valence-corrected chi connectivity index (χ1v) is 8.96. The number of rotatable bonds is 2. The summed E-state index contributed by atoms with van der Waals surface area (Å²) < 4.78 is 0. The van der Waals surface area contributed by atoms with Gasteiger partial charge >= 0.3 is 0 Å². The van der Waals surface area contributed by atoms with Gasteiger partial charge in [-0.15, -0.1) is 0 Å². The van der Waals surface area contributed by atoms with Crippen LogP contribution in [0.5, 0.6) is 0 Å². The number of anilines is 1. The van der Waals surface area contributed by atoms with Gasteiger partial charge in [0.15, 0.2) is 0 Å². The van der Waals surface area contributed by atoms with Crippen molar-refractivity contribution in [2.75, 3.05) is 31.5 Å². The van der Waals surface area contributed by atoms with Gasteiger partial charge in [0, 0.05) is 49.8 Å². The predicted molar refractivity (Wildman–Crippen MR) is 95.3 cm³/mol. The first-order valence-electron chi connectivity index (χ1n) is 8.96. The molecular formula is C19H25N3O3. The summed E-state index contributed by atoms with van der Waals surface area (Å²) in [6, 6.07) is 5.47. The molecule has 3 amide bonds. The third kappa shape index (κ3) is 3.83. The van der Waals surface area contributed by atoms with Crippen molar-refractivity contribution in [1.29, 1.82) is 0 Å². The molecule has 134 valence electrons. The Hall–Kier alpha value is -2.37. The molecular weight excluding hydrogens is 318 g/mol. The molecule has 0 unspecified atom stereocenters. The van der Waals surface area contributed by atoms with Gasteiger partial charge in [-0.05, 0) is 36.6 Å². The molecule has 6 heteroatoms. The van der Waals surface area contributed by atoms with Crippen molar-refractivity contribution in [2.24, 2.45) is 5.92 Å². The molecule has 1 aromatic carbocycles. The second kappa shape index (κ2) is 7.25. The smallest absolute Gasteiger partial charge is 0.253 e. The highest BCUT2D eigenvalue weighted by atomic mass is 16.2. The molecule has 0 spiro atoms. The zero-order valence-corrected chi connectivity index (χ0v) is 14.9. The maximum atomic E-state index is 12.8. The fourth-order valence-corrected chi connectivity index (χ4v) is 3.41. The molecule has 0 atom stereocenters. The van der Waals surface area contributed by atoms with E-state index in [0.717, 1.165) is 17.7 Å². The summed E-state index contributed by atoms with van der Waals surface area (Å²) >= 11 is 0. The summed E-state index contributed by atoms with van der Waals surface area (Å²) in [6.45, 7) is 6.32. The van der Waals surface area contributed by atoms with E-state index >= 15 is 0 Å². The lowest BCUT2D eigenvalue weighted by Crippen LogP contribution is -2.39. The number of hydrogen-bond donors (Lipinski definition) is 1. The number of fused-ring (bicyclic) bond motifs is 1. The van der Waals surface area contributed by atoms with E-state index in [4.69, 9.17) is 0 Å². The number of carbonyl (C=O) groups excluding carboxylic acids is 3. The van der Waals surface area contributed by atoms with Gasteiger partial charge in [0.2, 0.25) is 11.8 Å². The van der Waals surface area contributed by atoms with Crippen molar-refractivity contribution in [2.45, 2.75) is 33.1 Å². The van der Waals surface area contributed by atoms with Gasteiger partial charge in [-0.1, -0.05) is 13.8 Å². The van der Waals surface area contributed by atoms with Crippen LogP contribution >= 0.6 is 0 Å². The van der Waals surface area contributed by atoms with Gasteiger partial charge in [0.1, 0.15) is 0 Å². The van der Waals surface area contributed by atoms with Crippen LogP contribution in [0.15, 0.2) is 18.2 Å². The molecule has 0 aliphatic carbocycles. The quantitative estimate of drug-likeness (QED) is 0.892. The van der Waals surface area contributed by atoms with E-state index in [1.807, 2.05) is 35.8 Å². The van der Waals surface area contributed by atoms with Crippen LogP contribution in [-0.4, -0.2) is 53.7 Å². The number of aryl methyl sites for hydroxylation is 1. The van der Waals surface area contributed by atoms with E-state index in [0.29, 0.717) is 44.6 Å². The first-order chi connectivity index (χ1) is 12.0. The van der Waals surface area contributed by atoms with Crippen molar-refractivity contribution in [3.8, 4) is 0 Å². The predicted octanol–water partition coefficient (Wildman–Crippen LogP) is 1.90. The van der Waals surface area contributed by atoms with Gasteiger partial charge in [-0.25, -0.2) is 0 Å². The lowest BCUT2D eigenvalue weighted by molar-refractivity contribution is -0.134. The second-order valence-corrected chi connectivity index (χ2v) is 7.05. The Morgan fingerprint density at radius 1 is 1.04 bits per heavy atom. The Balaban J connectivity index is 1.69. The third-order valence-corrected chi connectivity index (χ3v) is 4.84. The summed E-state index contributed by atoms with van der Waals surface area (Å²) in [6.07, 6.45) is 1.92. The third-order valence-electron chi connectivity index (χ3n) is 4.84. The fourth-order valence-electron chi connectivity index (χ4n) is 3.41. The molecule has 1 N–H and O–H groups in total. The Bertz CT molecular complexity index is 699. The van der Waals surface area contributed by atoms with E-state index in [-0.39, 0.29) is 23.6 Å². The Morgan fingerprint density at radius 3 is 2.52 bits per heavy atom. The minimum atomic E-state index is -0.0156. The van der Waals surface area contributed by atoms with Gasteiger partial charge in [0.05, 0.1) is 0 Å². The highest BCUT2D eigenvalue weighted by molar-refractivity contribution is 5.98. The molecule has 0 saturated carbocycles. The zero-order chi connectivity index (χ0) is 18.0. The maximum Gasteiger partial charge on any atom is 0.253 e. The summed E-state index contributed by atoms with van der Waals surface area (Å²) in [5, 5.41) is 2.84. The van der Waals surface area contributed by atoms with Crippen molar-refractivity contribution in [3.63, 3.8) is 0 Å². The molecule has 3 rings (SSSR count). The molecule has 2 aliphatic heterocycles. The standard InChI is InChI=1S/C19H25N3O3/c1-13(2)18(24)21-8-3-9-22(11-10-21)19(25)15-4-6-16-14(12-15)5-7-17(23)20-16/h4,6,12-13H,3,5,7-11H2,1-2H3,(H,20,23). The number of amides is 3.